The number of rotatable bonds is 5. The van der Waals surface area contributed by atoms with Crippen LogP contribution in [-0.2, 0) is 22.4 Å². The summed E-state index contributed by atoms with van der Waals surface area (Å²) in [6.45, 7) is 7.74. The van der Waals surface area contributed by atoms with Gasteiger partial charge in [0.15, 0.2) is 5.82 Å². The molecule has 2 saturated heterocycles. The van der Waals surface area contributed by atoms with E-state index in [1.807, 2.05) is 11.8 Å². The topological polar surface area (TPSA) is 82.1 Å². The van der Waals surface area contributed by atoms with Crippen molar-refractivity contribution in [3.8, 4) is 0 Å². The molecule has 0 saturated carbocycles. The summed E-state index contributed by atoms with van der Waals surface area (Å²) in [4.78, 5) is 42.7. The van der Waals surface area contributed by atoms with Crippen molar-refractivity contribution < 1.29 is 14.3 Å². The maximum absolute atomic E-state index is 13.2. The van der Waals surface area contributed by atoms with Crippen molar-refractivity contribution in [2.24, 2.45) is 5.92 Å². The van der Waals surface area contributed by atoms with E-state index >= 15 is 0 Å². The number of hydrogen-bond donors (Lipinski definition) is 0. The highest BCUT2D eigenvalue weighted by Gasteiger charge is 2.37. The van der Waals surface area contributed by atoms with E-state index in [9.17, 15) is 9.59 Å². The van der Waals surface area contributed by atoms with Gasteiger partial charge in [-0.3, -0.25) is 14.7 Å². The molecule has 9 heteroatoms. The summed E-state index contributed by atoms with van der Waals surface area (Å²) in [5.41, 5.74) is 2.09. The Balaban J connectivity index is 1.34. The lowest BCUT2D eigenvalue weighted by Gasteiger charge is -2.37. The monoisotopic (exact) mass is 430 g/mol. The van der Waals surface area contributed by atoms with E-state index in [4.69, 9.17) is 9.72 Å². The van der Waals surface area contributed by atoms with Crippen molar-refractivity contribution in [2.45, 2.75) is 38.6 Å². The number of nitrogens with zero attached hydrogens (tertiary/aromatic N) is 6. The second kappa shape index (κ2) is 9.48. The van der Waals surface area contributed by atoms with E-state index in [-0.39, 0.29) is 24.0 Å². The van der Waals surface area contributed by atoms with Gasteiger partial charge in [-0.05, 0) is 19.9 Å². The summed E-state index contributed by atoms with van der Waals surface area (Å²) in [6, 6.07) is 0.283. The highest BCUT2D eigenvalue weighted by Crippen LogP contribution is 2.25. The molecular weight excluding hydrogens is 396 g/mol. The van der Waals surface area contributed by atoms with Gasteiger partial charge in [-0.15, -0.1) is 0 Å². The smallest absolute Gasteiger partial charge is 0.326 e. The number of hydrogen-bond acceptors (Lipinski definition) is 7. The van der Waals surface area contributed by atoms with Gasteiger partial charge in [0, 0.05) is 64.7 Å². The van der Waals surface area contributed by atoms with Gasteiger partial charge in [0.2, 0.25) is 0 Å². The van der Waals surface area contributed by atoms with Crippen LogP contribution >= 0.6 is 0 Å². The van der Waals surface area contributed by atoms with Gasteiger partial charge < -0.3 is 19.4 Å². The third-order valence-electron chi connectivity index (χ3n) is 6.83. The van der Waals surface area contributed by atoms with E-state index in [1.54, 1.807) is 11.1 Å². The van der Waals surface area contributed by atoms with E-state index in [0.717, 1.165) is 69.8 Å². The number of methoxy groups -OCH3 is 1. The van der Waals surface area contributed by atoms with E-state index in [1.165, 1.54) is 7.11 Å². The molecule has 31 heavy (non-hydrogen) atoms. The summed E-state index contributed by atoms with van der Waals surface area (Å²) in [5.74, 6) is 0.387. The van der Waals surface area contributed by atoms with Crippen LogP contribution in [0.3, 0.4) is 0 Å². The molecule has 1 unspecified atom stereocenters. The molecule has 0 aromatic carbocycles. The molecule has 4 heterocycles. The van der Waals surface area contributed by atoms with Gasteiger partial charge in [-0.25, -0.2) is 9.78 Å². The van der Waals surface area contributed by atoms with Crippen LogP contribution in [0.1, 0.15) is 31.2 Å². The molecule has 0 N–H and O–H groups in total. The number of likely N-dealkylation sites (N-methyl/N-ethyl adjacent to an activating group) is 1. The van der Waals surface area contributed by atoms with Crippen LogP contribution in [0.5, 0.6) is 0 Å². The first-order chi connectivity index (χ1) is 15.0. The van der Waals surface area contributed by atoms with Crippen molar-refractivity contribution in [1.82, 2.24) is 24.7 Å². The van der Waals surface area contributed by atoms with Crippen LogP contribution in [0.4, 0.5) is 10.6 Å². The number of esters is 1. The van der Waals surface area contributed by atoms with Crippen molar-refractivity contribution in [3.63, 3.8) is 0 Å². The number of carbonyl (C=O) groups excluding carboxylic acids is 2. The summed E-state index contributed by atoms with van der Waals surface area (Å²) in [7, 11) is 3.55. The number of carbonyl (C=O) groups is 2. The van der Waals surface area contributed by atoms with Gasteiger partial charge >= 0.3 is 12.0 Å². The lowest BCUT2D eigenvalue weighted by molar-refractivity contribution is -0.145. The molecule has 0 radical (unpaired) electrons. The average Bonchev–Trinajstić information content (AvgIpc) is 3.07. The number of aromatic nitrogens is 2. The third kappa shape index (κ3) is 4.82. The van der Waals surface area contributed by atoms with Gasteiger partial charge in [0.25, 0.3) is 0 Å². The van der Waals surface area contributed by atoms with E-state index in [0.29, 0.717) is 18.9 Å². The number of fused-ring (bicyclic) bond motifs is 1. The maximum Gasteiger partial charge on any atom is 0.326 e. The third-order valence-corrected chi connectivity index (χ3v) is 6.83. The van der Waals surface area contributed by atoms with Crippen LogP contribution in [0.2, 0.25) is 0 Å². The van der Waals surface area contributed by atoms with E-state index < -0.39 is 0 Å². The molecule has 2 amide bonds. The molecule has 3 aliphatic rings. The van der Waals surface area contributed by atoms with Crippen LogP contribution < -0.4 is 4.90 Å². The minimum absolute atomic E-state index is 0.0429. The Kier molecular flexibility index (Phi) is 6.71. The highest BCUT2D eigenvalue weighted by molar-refractivity contribution is 5.93. The van der Waals surface area contributed by atoms with E-state index in [2.05, 4.69) is 21.8 Å². The second-order valence-electron chi connectivity index (χ2n) is 9.01. The standard InChI is InChI=1S/C22H34N6O3/c1-16(21(29)31-3)15-26-10-4-17(5-11-26)27-12-13-28(22(27)30)20-14-23-18-6-8-25(2)9-7-19(18)24-20/h14,16-17H,4-13,15H2,1-3H3. The molecule has 9 nitrogen and oxygen atoms in total. The fraction of sp³-hybridized carbons (Fsp3) is 0.727. The summed E-state index contributed by atoms with van der Waals surface area (Å²) < 4.78 is 4.83. The van der Waals surface area contributed by atoms with Crippen LogP contribution in [-0.4, -0.2) is 103 Å². The van der Waals surface area contributed by atoms with Gasteiger partial charge in [-0.1, -0.05) is 6.92 Å². The number of ether oxygens (including phenoxy) is 1. The number of urea groups is 1. The fourth-order valence-electron chi connectivity index (χ4n) is 4.87. The van der Waals surface area contributed by atoms with Crippen molar-refractivity contribution in [2.75, 3.05) is 64.9 Å². The van der Waals surface area contributed by atoms with Crippen molar-refractivity contribution in [1.29, 1.82) is 0 Å². The molecule has 0 bridgehead atoms. The predicted molar refractivity (Wildman–Crippen MR) is 117 cm³/mol. The summed E-state index contributed by atoms with van der Waals surface area (Å²) in [6.07, 6.45) is 5.40. The number of amides is 2. The zero-order valence-corrected chi connectivity index (χ0v) is 18.9. The molecular formula is C22H34N6O3. The molecule has 1 aromatic heterocycles. The first-order valence-corrected chi connectivity index (χ1v) is 11.4. The molecule has 2 fully saturated rings. The summed E-state index contributed by atoms with van der Waals surface area (Å²) in [5, 5.41) is 0. The predicted octanol–water partition coefficient (Wildman–Crippen LogP) is 1.02. The first-order valence-electron chi connectivity index (χ1n) is 11.4. The molecule has 170 valence electrons. The Bertz CT molecular complexity index is 810. The Hall–Kier alpha value is -2.26. The Labute approximate surface area is 184 Å². The summed E-state index contributed by atoms with van der Waals surface area (Å²) >= 11 is 0. The van der Waals surface area contributed by atoms with Crippen LogP contribution in [0.15, 0.2) is 6.20 Å². The lowest BCUT2D eigenvalue weighted by atomic mass is 10.0. The number of piperidine rings is 1. The largest absolute Gasteiger partial charge is 0.469 e. The molecule has 1 aromatic rings. The molecule has 1 atom stereocenters. The van der Waals surface area contributed by atoms with Crippen LogP contribution in [0.25, 0.3) is 0 Å². The van der Waals surface area contributed by atoms with Gasteiger partial charge in [0.1, 0.15) is 0 Å². The zero-order valence-electron chi connectivity index (χ0n) is 18.9. The Morgan fingerprint density at radius 3 is 2.55 bits per heavy atom. The SMILES string of the molecule is COC(=O)C(C)CN1CCC(N2CCN(c3cnc4c(n3)CCN(C)CC4)C2=O)CC1. The minimum atomic E-state index is -0.166. The van der Waals surface area contributed by atoms with Crippen molar-refractivity contribution in [3.05, 3.63) is 17.6 Å². The number of anilines is 1. The normalized spacial score (nSPS) is 22.4. The second-order valence-corrected chi connectivity index (χ2v) is 9.01. The molecule has 0 spiro atoms. The molecule has 4 rings (SSSR count). The maximum atomic E-state index is 13.2. The van der Waals surface area contributed by atoms with Gasteiger partial charge in [-0.2, -0.15) is 0 Å². The van der Waals surface area contributed by atoms with Gasteiger partial charge in [0.05, 0.1) is 30.6 Å². The minimum Gasteiger partial charge on any atom is -0.469 e. The van der Waals surface area contributed by atoms with Crippen LogP contribution in [0, 0.1) is 5.92 Å². The molecule has 3 aliphatic heterocycles. The molecule has 0 aliphatic carbocycles. The fourth-order valence-corrected chi connectivity index (χ4v) is 4.87. The quantitative estimate of drug-likeness (QED) is 0.645. The Morgan fingerprint density at radius 1 is 1.13 bits per heavy atom. The lowest BCUT2D eigenvalue weighted by Crippen LogP contribution is -2.47. The first kappa shape index (κ1) is 22.0. The Morgan fingerprint density at radius 2 is 1.84 bits per heavy atom. The zero-order chi connectivity index (χ0) is 22.0. The average molecular weight is 431 g/mol. The van der Waals surface area contributed by atoms with Crippen molar-refractivity contribution >= 4 is 17.8 Å². The highest BCUT2D eigenvalue weighted by atomic mass is 16.5. The number of likely N-dealkylation sites (tertiary alicyclic amines) is 1.